The summed E-state index contributed by atoms with van der Waals surface area (Å²) < 4.78 is 0.964. The molecule has 0 fully saturated rings. The molecule has 98 valence electrons. The first-order valence-corrected chi connectivity index (χ1v) is 6.96. The number of amides is 1. The third kappa shape index (κ3) is 3.44. The predicted molar refractivity (Wildman–Crippen MR) is 82.4 cm³/mol. The van der Waals surface area contributed by atoms with Crippen LogP contribution in [0, 0.1) is 13.8 Å². The molecule has 2 aromatic rings. The van der Waals surface area contributed by atoms with Gasteiger partial charge in [-0.15, -0.1) is 0 Å². The molecule has 0 aromatic heterocycles. The number of rotatable bonds is 3. The van der Waals surface area contributed by atoms with Gasteiger partial charge in [0.05, 0.1) is 6.42 Å². The van der Waals surface area contributed by atoms with Gasteiger partial charge in [-0.1, -0.05) is 52.3 Å². The van der Waals surface area contributed by atoms with Crippen LogP contribution in [0.25, 0.3) is 0 Å². The minimum Gasteiger partial charge on any atom is -0.325 e. The molecule has 0 saturated carbocycles. The molecular formula is C16H16BrNO. The summed E-state index contributed by atoms with van der Waals surface area (Å²) in [4.78, 5) is 12.1. The van der Waals surface area contributed by atoms with Crippen LogP contribution in [0.3, 0.4) is 0 Å². The summed E-state index contributed by atoms with van der Waals surface area (Å²) >= 11 is 3.46. The van der Waals surface area contributed by atoms with Crippen molar-refractivity contribution in [3.8, 4) is 0 Å². The SMILES string of the molecule is Cc1cccc(C)c1NC(=O)Cc1ccccc1Br. The number of hydrogen-bond acceptors (Lipinski definition) is 1. The standard InChI is InChI=1S/C16H16BrNO/c1-11-6-5-7-12(2)16(11)18-15(19)10-13-8-3-4-9-14(13)17/h3-9H,10H2,1-2H3,(H,18,19). The zero-order valence-corrected chi connectivity index (χ0v) is 12.6. The molecule has 19 heavy (non-hydrogen) atoms. The number of halogens is 1. The van der Waals surface area contributed by atoms with E-state index in [1.807, 2.05) is 56.3 Å². The second-order valence-electron chi connectivity index (χ2n) is 4.58. The van der Waals surface area contributed by atoms with Gasteiger partial charge in [-0.25, -0.2) is 0 Å². The molecule has 0 saturated heterocycles. The highest BCUT2D eigenvalue weighted by Gasteiger charge is 2.09. The number of benzene rings is 2. The Balaban J connectivity index is 2.12. The summed E-state index contributed by atoms with van der Waals surface area (Å²) in [5.74, 6) is 0.00398. The van der Waals surface area contributed by atoms with Crippen LogP contribution in [0.4, 0.5) is 5.69 Å². The topological polar surface area (TPSA) is 29.1 Å². The molecule has 0 heterocycles. The molecule has 2 rings (SSSR count). The molecule has 1 amide bonds. The fourth-order valence-electron chi connectivity index (χ4n) is 2.01. The minimum absolute atomic E-state index is 0.00398. The van der Waals surface area contributed by atoms with Crippen LogP contribution in [0.15, 0.2) is 46.9 Å². The molecule has 0 aliphatic carbocycles. The Kier molecular flexibility index (Phi) is 4.38. The normalized spacial score (nSPS) is 10.3. The van der Waals surface area contributed by atoms with Crippen molar-refractivity contribution < 1.29 is 4.79 Å². The van der Waals surface area contributed by atoms with Gasteiger partial charge < -0.3 is 5.32 Å². The highest BCUT2D eigenvalue weighted by molar-refractivity contribution is 9.10. The zero-order valence-electron chi connectivity index (χ0n) is 11.0. The van der Waals surface area contributed by atoms with E-state index in [1.54, 1.807) is 0 Å². The molecule has 0 aliphatic heterocycles. The second kappa shape index (κ2) is 6.02. The molecule has 0 atom stereocenters. The van der Waals surface area contributed by atoms with Gasteiger partial charge in [-0.05, 0) is 36.6 Å². The first kappa shape index (κ1) is 13.8. The van der Waals surface area contributed by atoms with Crippen LogP contribution < -0.4 is 5.32 Å². The average molecular weight is 318 g/mol. The van der Waals surface area contributed by atoms with E-state index in [1.165, 1.54) is 0 Å². The van der Waals surface area contributed by atoms with Gasteiger partial charge in [0.15, 0.2) is 0 Å². The van der Waals surface area contributed by atoms with Crippen LogP contribution in [0.1, 0.15) is 16.7 Å². The lowest BCUT2D eigenvalue weighted by molar-refractivity contribution is -0.115. The van der Waals surface area contributed by atoms with Crippen LogP contribution in [0.5, 0.6) is 0 Å². The van der Waals surface area contributed by atoms with E-state index >= 15 is 0 Å². The Bertz CT molecular complexity index is 587. The summed E-state index contributed by atoms with van der Waals surface area (Å²) in [5, 5.41) is 2.99. The number of aryl methyl sites for hydroxylation is 2. The number of nitrogens with one attached hydrogen (secondary N) is 1. The Labute approximate surface area is 122 Å². The summed E-state index contributed by atoms with van der Waals surface area (Å²) in [6.45, 7) is 4.00. The maximum atomic E-state index is 12.1. The maximum absolute atomic E-state index is 12.1. The number of para-hydroxylation sites is 1. The van der Waals surface area contributed by atoms with E-state index in [-0.39, 0.29) is 5.91 Å². The van der Waals surface area contributed by atoms with Crippen molar-refractivity contribution in [1.29, 1.82) is 0 Å². The Morgan fingerprint density at radius 1 is 1.05 bits per heavy atom. The van der Waals surface area contributed by atoms with Crippen molar-refractivity contribution in [3.63, 3.8) is 0 Å². The van der Waals surface area contributed by atoms with Crippen LogP contribution in [-0.2, 0) is 11.2 Å². The fraction of sp³-hybridized carbons (Fsp3) is 0.188. The van der Waals surface area contributed by atoms with Crippen molar-refractivity contribution in [3.05, 3.63) is 63.6 Å². The monoisotopic (exact) mass is 317 g/mol. The van der Waals surface area contributed by atoms with Gasteiger partial charge in [0.25, 0.3) is 0 Å². The molecule has 0 aliphatic rings. The van der Waals surface area contributed by atoms with E-state index in [0.717, 1.165) is 26.9 Å². The van der Waals surface area contributed by atoms with E-state index in [9.17, 15) is 4.79 Å². The van der Waals surface area contributed by atoms with Crippen LogP contribution in [0.2, 0.25) is 0 Å². The Morgan fingerprint density at radius 2 is 1.68 bits per heavy atom. The van der Waals surface area contributed by atoms with Gasteiger partial charge >= 0.3 is 0 Å². The van der Waals surface area contributed by atoms with Crippen LogP contribution in [-0.4, -0.2) is 5.91 Å². The van der Waals surface area contributed by atoms with Gasteiger partial charge in [0.2, 0.25) is 5.91 Å². The molecule has 2 nitrogen and oxygen atoms in total. The third-order valence-electron chi connectivity index (χ3n) is 3.05. The Hall–Kier alpha value is -1.61. The van der Waals surface area contributed by atoms with Crippen LogP contribution >= 0.6 is 15.9 Å². The second-order valence-corrected chi connectivity index (χ2v) is 5.44. The van der Waals surface area contributed by atoms with Crippen molar-refractivity contribution >= 4 is 27.5 Å². The molecule has 0 unspecified atom stereocenters. The minimum atomic E-state index is 0.00398. The third-order valence-corrected chi connectivity index (χ3v) is 3.83. The molecule has 0 bridgehead atoms. The lowest BCUT2D eigenvalue weighted by Crippen LogP contribution is -2.16. The van der Waals surface area contributed by atoms with Gasteiger partial charge in [0, 0.05) is 10.2 Å². The molecule has 2 aromatic carbocycles. The maximum Gasteiger partial charge on any atom is 0.228 e. The lowest BCUT2D eigenvalue weighted by atomic mass is 10.1. The quantitative estimate of drug-likeness (QED) is 0.901. The van der Waals surface area contributed by atoms with Crippen molar-refractivity contribution in [1.82, 2.24) is 0 Å². The predicted octanol–water partition coefficient (Wildman–Crippen LogP) is 4.25. The van der Waals surface area contributed by atoms with Gasteiger partial charge in [0.1, 0.15) is 0 Å². The summed E-state index contributed by atoms with van der Waals surface area (Å²) in [6, 6.07) is 13.8. The average Bonchev–Trinajstić information content (AvgIpc) is 2.37. The largest absolute Gasteiger partial charge is 0.325 e. The lowest BCUT2D eigenvalue weighted by Gasteiger charge is -2.11. The molecule has 1 N–H and O–H groups in total. The number of hydrogen-bond donors (Lipinski definition) is 1. The number of carbonyl (C=O) groups excluding carboxylic acids is 1. The summed E-state index contributed by atoms with van der Waals surface area (Å²) in [6.07, 6.45) is 0.370. The van der Waals surface area contributed by atoms with Crippen molar-refractivity contribution in [2.45, 2.75) is 20.3 Å². The molecule has 3 heteroatoms. The van der Waals surface area contributed by atoms with E-state index < -0.39 is 0 Å². The summed E-state index contributed by atoms with van der Waals surface area (Å²) in [7, 11) is 0. The summed E-state index contributed by atoms with van der Waals surface area (Å²) in [5.41, 5.74) is 4.08. The van der Waals surface area contributed by atoms with E-state index in [2.05, 4.69) is 21.2 Å². The molecule has 0 radical (unpaired) electrons. The molecule has 0 spiro atoms. The zero-order chi connectivity index (χ0) is 13.8. The highest BCUT2D eigenvalue weighted by atomic mass is 79.9. The first-order chi connectivity index (χ1) is 9.08. The van der Waals surface area contributed by atoms with Crippen molar-refractivity contribution in [2.75, 3.05) is 5.32 Å². The number of carbonyl (C=O) groups is 1. The van der Waals surface area contributed by atoms with Crippen molar-refractivity contribution in [2.24, 2.45) is 0 Å². The highest BCUT2D eigenvalue weighted by Crippen LogP contribution is 2.21. The number of anilines is 1. The van der Waals surface area contributed by atoms with Gasteiger partial charge in [-0.3, -0.25) is 4.79 Å². The van der Waals surface area contributed by atoms with Gasteiger partial charge in [-0.2, -0.15) is 0 Å². The first-order valence-electron chi connectivity index (χ1n) is 6.17. The van der Waals surface area contributed by atoms with E-state index in [0.29, 0.717) is 6.42 Å². The van der Waals surface area contributed by atoms with E-state index in [4.69, 9.17) is 0 Å². The Morgan fingerprint density at radius 3 is 2.32 bits per heavy atom. The smallest absolute Gasteiger partial charge is 0.228 e. The fourth-order valence-corrected chi connectivity index (χ4v) is 2.43. The molecular weight excluding hydrogens is 302 g/mol.